The number of hydrogen-bond acceptors (Lipinski definition) is 6. The van der Waals surface area contributed by atoms with Gasteiger partial charge in [0.25, 0.3) is 5.09 Å². The van der Waals surface area contributed by atoms with Crippen LogP contribution in [0.2, 0.25) is 5.02 Å². The van der Waals surface area contributed by atoms with Crippen LogP contribution in [0.5, 0.6) is 5.75 Å². The molecule has 0 spiro atoms. The van der Waals surface area contributed by atoms with Crippen molar-refractivity contribution in [1.29, 1.82) is 5.26 Å². The summed E-state index contributed by atoms with van der Waals surface area (Å²) in [4.78, 5) is 3.95. The lowest BCUT2D eigenvalue weighted by atomic mass is 10.2. The summed E-state index contributed by atoms with van der Waals surface area (Å²) >= 11 is 5.78. The summed E-state index contributed by atoms with van der Waals surface area (Å²) in [6.07, 6.45) is 0. The lowest BCUT2D eigenvalue weighted by molar-refractivity contribution is 0.414. The predicted molar refractivity (Wildman–Crippen MR) is 90.1 cm³/mol. The molecule has 2 aromatic carbocycles. The standard InChI is InChI=1S/C17H11ClN2O4S/c1-23-13-6-2-11(3-7-13)16-20-15(10-19)17(24-16)25(21,22)14-8-4-12(18)5-9-14/h2-9H,1H3. The second kappa shape index (κ2) is 6.59. The number of benzene rings is 2. The lowest BCUT2D eigenvalue weighted by Gasteiger charge is -2.02. The van der Waals surface area contributed by atoms with Crippen molar-refractivity contribution in [3.05, 3.63) is 59.2 Å². The molecule has 1 aromatic heterocycles. The molecule has 126 valence electrons. The van der Waals surface area contributed by atoms with Gasteiger partial charge in [0, 0.05) is 10.6 Å². The van der Waals surface area contributed by atoms with Gasteiger partial charge < -0.3 is 9.15 Å². The summed E-state index contributed by atoms with van der Waals surface area (Å²) in [7, 11) is -2.50. The van der Waals surface area contributed by atoms with Gasteiger partial charge in [-0.15, -0.1) is 0 Å². The van der Waals surface area contributed by atoms with Crippen molar-refractivity contribution in [2.45, 2.75) is 9.99 Å². The number of oxazole rings is 1. The average Bonchev–Trinajstić information content (AvgIpc) is 3.07. The second-order valence-electron chi connectivity index (χ2n) is 4.95. The van der Waals surface area contributed by atoms with Crippen LogP contribution in [-0.2, 0) is 9.84 Å². The number of methoxy groups -OCH3 is 1. The highest BCUT2D eigenvalue weighted by atomic mass is 35.5. The molecule has 0 bridgehead atoms. The van der Waals surface area contributed by atoms with Crippen LogP contribution in [0, 0.1) is 11.3 Å². The molecule has 0 amide bonds. The van der Waals surface area contributed by atoms with Gasteiger partial charge in [-0.2, -0.15) is 10.2 Å². The Balaban J connectivity index is 2.09. The Morgan fingerprint density at radius 1 is 1.12 bits per heavy atom. The summed E-state index contributed by atoms with van der Waals surface area (Å²) < 4.78 is 35.9. The van der Waals surface area contributed by atoms with E-state index >= 15 is 0 Å². The van der Waals surface area contributed by atoms with E-state index in [0.29, 0.717) is 16.3 Å². The Hall–Kier alpha value is -2.82. The SMILES string of the molecule is COc1ccc(-c2nc(C#N)c(S(=O)(=O)c3ccc(Cl)cc3)o2)cc1. The first-order chi connectivity index (χ1) is 12.0. The molecule has 0 aliphatic rings. The maximum absolute atomic E-state index is 12.7. The Morgan fingerprint density at radius 3 is 2.32 bits per heavy atom. The summed E-state index contributed by atoms with van der Waals surface area (Å²) in [6, 6.07) is 14.0. The van der Waals surface area contributed by atoms with E-state index in [9.17, 15) is 13.7 Å². The molecule has 0 atom stereocenters. The van der Waals surface area contributed by atoms with Gasteiger partial charge in [-0.1, -0.05) is 11.6 Å². The van der Waals surface area contributed by atoms with Gasteiger partial charge >= 0.3 is 0 Å². The van der Waals surface area contributed by atoms with Crippen LogP contribution in [0.15, 0.2) is 62.9 Å². The van der Waals surface area contributed by atoms with Crippen molar-refractivity contribution in [1.82, 2.24) is 4.98 Å². The molecule has 3 aromatic rings. The third kappa shape index (κ3) is 3.22. The van der Waals surface area contributed by atoms with Crippen molar-refractivity contribution < 1.29 is 17.6 Å². The molecule has 0 N–H and O–H groups in total. The van der Waals surface area contributed by atoms with E-state index in [0.717, 1.165) is 0 Å². The van der Waals surface area contributed by atoms with Gasteiger partial charge in [-0.25, -0.2) is 8.42 Å². The molecule has 1 heterocycles. The van der Waals surface area contributed by atoms with Gasteiger partial charge in [-0.05, 0) is 48.5 Å². The van der Waals surface area contributed by atoms with E-state index in [4.69, 9.17) is 20.8 Å². The minimum Gasteiger partial charge on any atom is -0.497 e. The fourth-order valence-electron chi connectivity index (χ4n) is 2.14. The van der Waals surface area contributed by atoms with E-state index in [-0.39, 0.29) is 16.5 Å². The van der Waals surface area contributed by atoms with Gasteiger partial charge in [-0.3, -0.25) is 0 Å². The van der Waals surface area contributed by atoms with Crippen molar-refractivity contribution in [2.24, 2.45) is 0 Å². The van der Waals surface area contributed by atoms with Crippen LogP contribution in [-0.4, -0.2) is 20.5 Å². The number of nitrogens with zero attached hydrogens (tertiary/aromatic N) is 2. The summed E-state index contributed by atoms with van der Waals surface area (Å²) in [6.45, 7) is 0. The number of rotatable bonds is 4. The minimum absolute atomic E-state index is 0.0340. The van der Waals surface area contributed by atoms with Crippen LogP contribution in [0.4, 0.5) is 0 Å². The van der Waals surface area contributed by atoms with E-state index in [1.807, 2.05) is 0 Å². The quantitative estimate of drug-likeness (QED) is 0.691. The molecule has 0 fully saturated rings. The highest BCUT2D eigenvalue weighted by Gasteiger charge is 2.28. The first-order valence-electron chi connectivity index (χ1n) is 7.01. The molecule has 0 aliphatic heterocycles. The topological polar surface area (TPSA) is 93.2 Å². The van der Waals surface area contributed by atoms with E-state index in [1.54, 1.807) is 30.3 Å². The first kappa shape index (κ1) is 17.0. The monoisotopic (exact) mass is 374 g/mol. The van der Waals surface area contributed by atoms with Gasteiger partial charge in [0.2, 0.25) is 15.7 Å². The van der Waals surface area contributed by atoms with Gasteiger partial charge in [0.1, 0.15) is 11.8 Å². The third-order valence-corrected chi connectivity index (χ3v) is 5.32. The third-order valence-electron chi connectivity index (χ3n) is 3.41. The Kier molecular flexibility index (Phi) is 4.49. The first-order valence-corrected chi connectivity index (χ1v) is 8.88. The maximum Gasteiger partial charge on any atom is 0.261 e. The maximum atomic E-state index is 12.7. The number of aromatic nitrogens is 1. The Bertz CT molecular complexity index is 1050. The number of nitriles is 1. The molecule has 8 heteroatoms. The fourth-order valence-corrected chi connectivity index (χ4v) is 3.51. The summed E-state index contributed by atoms with van der Waals surface area (Å²) in [5.41, 5.74) is 0.218. The fraction of sp³-hybridized carbons (Fsp3) is 0.0588. The molecular formula is C17H11ClN2O4S. The van der Waals surface area contributed by atoms with Crippen molar-refractivity contribution in [3.63, 3.8) is 0 Å². The summed E-state index contributed by atoms with van der Waals surface area (Å²) in [5.74, 6) is 0.663. The smallest absolute Gasteiger partial charge is 0.261 e. The van der Waals surface area contributed by atoms with Crippen LogP contribution in [0.1, 0.15) is 5.69 Å². The molecule has 25 heavy (non-hydrogen) atoms. The van der Waals surface area contributed by atoms with E-state index in [1.165, 1.54) is 31.4 Å². The zero-order chi connectivity index (χ0) is 18.0. The molecule has 0 unspecified atom stereocenters. The van der Waals surface area contributed by atoms with Crippen LogP contribution in [0.25, 0.3) is 11.5 Å². The average molecular weight is 375 g/mol. The van der Waals surface area contributed by atoms with Crippen molar-refractivity contribution in [3.8, 4) is 23.3 Å². The number of sulfone groups is 1. The largest absolute Gasteiger partial charge is 0.497 e. The Morgan fingerprint density at radius 2 is 1.76 bits per heavy atom. The van der Waals surface area contributed by atoms with Gasteiger partial charge in [0.15, 0.2) is 5.69 Å². The molecular weight excluding hydrogens is 364 g/mol. The Labute approximate surface area is 149 Å². The van der Waals surface area contributed by atoms with E-state index in [2.05, 4.69) is 4.98 Å². The zero-order valence-electron chi connectivity index (χ0n) is 12.9. The van der Waals surface area contributed by atoms with Crippen molar-refractivity contribution >= 4 is 21.4 Å². The lowest BCUT2D eigenvalue weighted by Crippen LogP contribution is -2.02. The molecule has 6 nitrogen and oxygen atoms in total. The highest BCUT2D eigenvalue weighted by molar-refractivity contribution is 7.91. The zero-order valence-corrected chi connectivity index (χ0v) is 14.5. The van der Waals surface area contributed by atoms with Crippen LogP contribution < -0.4 is 4.74 Å². The van der Waals surface area contributed by atoms with Crippen LogP contribution >= 0.6 is 11.6 Å². The van der Waals surface area contributed by atoms with Crippen LogP contribution in [0.3, 0.4) is 0 Å². The van der Waals surface area contributed by atoms with Gasteiger partial charge in [0.05, 0.1) is 12.0 Å². The van der Waals surface area contributed by atoms with E-state index < -0.39 is 14.9 Å². The number of halogens is 1. The molecule has 0 aliphatic carbocycles. The molecule has 0 saturated carbocycles. The minimum atomic E-state index is -4.03. The molecule has 0 saturated heterocycles. The molecule has 0 radical (unpaired) electrons. The summed E-state index contributed by atoms with van der Waals surface area (Å²) in [5, 5.41) is 9.14. The number of ether oxygens (including phenoxy) is 1. The number of hydrogen-bond donors (Lipinski definition) is 0. The molecule has 3 rings (SSSR count). The second-order valence-corrected chi connectivity index (χ2v) is 7.24. The normalized spacial score (nSPS) is 11.1. The highest BCUT2D eigenvalue weighted by Crippen LogP contribution is 2.30. The van der Waals surface area contributed by atoms with Crippen molar-refractivity contribution in [2.75, 3.05) is 7.11 Å². The predicted octanol–water partition coefficient (Wildman–Crippen LogP) is 3.71.